The minimum Gasteiger partial charge on any atom is -0.398 e. The van der Waals surface area contributed by atoms with Crippen LogP contribution in [0.3, 0.4) is 0 Å². The van der Waals surface area contributed by atoms with E-state index in [-0.39, 0.29) is 10.0 Å². The van der Waals surface area contributed by atoms with Gasteiger partial charge in [-0.25, -0.2) is 4.39 Å². The van der Waals surface area contributed by atoms with E-state index in [1.165, 1.54) is 18.2 Å². The molecular formula is C13H9BrClFN2O. The molecule has 6 heteroatoms. The number of rotatable bonds is 2. The number of carbonyl (C=O) groups excluding carboxylic acids is 1. The number of nitrogens with one attached hydrogen (secondary N) is 1. The third kappa shape index (κ3) is 3.05. The van der Waals surface area contributed by atoms with Gasteiger partial charge in [-0.05, 0) is 46.3 Å². The Morgan fingerprint density at radius 2 is 2.05 bits per heavy atom. The standard InChI is InChI=1S/C13H9BrClFN2O/c14-9-3-1-2-8(12(9)16)13(19)18-7-4-5-11(17)10(15)6-7/h1-6H,17H2,(H,18,19). The molecule has 0 saturated heterocycles. The smallest absolute Gasteiger partial charge is 0.258 e. The second kappa shape index (κ2) is 5.59. The molecule has 0 aromatic heterocycles. The van der Waals surface area contributed by atoms with Crippen LogP contribution in [-0.4, -0.2) is 5.91 Å². The van der Waals surface area contributed by atoms with Gasteiger partial charge >= 0.3 is 0 Å². The first kappa shape index (κ1) is 13.8. The topological polar surface area (TPSA) is 55.1 Å². The predicted octanol–water partition coefficient (Wildman–Crippen LogP) is 4.08. The van der Waals surface area contributed by atoms with E-state index in [4.69, 9.17) is 17.3 Å². The van der Waals surface area contributed by atoms with E-state index in [9.17, 15) is 9.18 Å². The molecule has 0 aliphatic rings. The molecule has 0 fully saturated rings. The number of hydrogen-bond donors (Lipinski definition) is 2. The van der Waals surface area contributed by atoms with Crippen molar-refractivity contribution in [3.8, 4) is 0 Å². The predicted molar refractivity (Wildman–Crippen MR) is 77.9 cm³/mol. The van der Waals surface area contributed by atoms with Crippen LogP contribution in [-0.2, 0) is 0 Å². The van der Waals surface area contributed by atoms with Gasteiger partial charge in [-0.2, -0.15) is 0 Å². The van der Waals surface area contributed by atoms with Crippen LogP contribution in [0.1, 0.15) is 10.4 Å². The number of amides is 1. The van der Waals surface area contributed by atoms with Crippen LogP contribution in [0, 0.1) is 5.82 Å². The lowest BCUT2D eigenvalue weighted by atomic mass is 10.2. The highest BCUT2D eigenvalue weighted by atomic mass is 79.9. The van der Waals surface area contributed by atoms with Gasteiger partial charge in [0.1, 0.15) is 5.82 Å². The molecule has 2 aromatic rings. The molecule has 3 N–H and O–H groups in total. The lowest BCUT2D eigenvalue weighted by Gasteiger charge is -2.08. The fraction of sp³-hybridized carbons (Fsp3) is 0. The van der Waals surface area contributed by atoms with Crippen molar-refractivity contribution in [1.29, 1.82) is 0 Å². The molecule has 2 aromatic carbocycles. The highest BCUT2D eigenvalue weighted by Crippen LogP contribution is 2.24. The monoisotopic (exact) mass is 342 g/mol. The van der Waals surface area contributed by atoms with Gasteiger partial charge in [0, 0.05) is 5.69 Å². The Labute approximate surface area is 122 Å². The van der Waals surface area contributed by atoms with Crippen LogP contribution in [0.4, 0.5) is 15.8 Å². The zero-order valence-electron chi connectivity index (χ0n) is 9.58. The van der Waals surface area contributed by atoms with Crippen molar-refractivity contribution in [2.75, 3.05) is 11.1 Å². The third-order valence-corrected chi connectivity index (χ3v) is 3.39. The SMILES string of the molecule is Nc1ccc(NC(=O)c2cccc(Br)c2F)cc1Cl. The summed E-state index contributed by atoms with van der Waals surface area (Å²) in [7, 11) is 0. The first-order valence-electron chi connectivity index (χ1n) is 5.29. The lowest BCUT2D eigenvalue weighted by molar-refractivity contribution is 0.102. The van der Waals surface area contributed by atoms with E-state index in [1.807, 2.05) is 0 Å². The Balaban J connectivity index is 2.26. The maximum Gasteiger partial charge on any atom is 0.258 e. The summed E-state index contributed by atoms with van der Waals surface area (Å²) >= 11 is 8.87. The average Bonchev–Trinajstić information content (AvgIpc) is 2.37. The number of hydrogen-bond acceptors (Lipinski definition) is 2. The van der Waals surface area contributed by atoms with Crippen LogP contribution in [0.2, 0.25) is 5.02 Å². The summed E-state index contributed by atoms with van der Waals surface area (Å²) in [5.74, 6) is -1.17. The number of carbonyl (C=O) groups is 1. The first-order valence-corrected chi connectivity index (χ1v) is 6.46. The van der Waals surface area contributed by atoms with Crippen molar-refractivity contribution in [1.82, 2.24) is 0 Å². The van der Waals surface area contributed by atoms with Crippen LogP contribution in [0.5, 0.6) is 0 Å². The van der Waals surface area contributed by atoms with E-state index in [0.29, 0.717) is 16.4 Å². The van der Waals surface area contributed by atoms with Gasteiger partial charge < -0.3 is 11.1 Å². The van der Waals surface area contributed by atoms with Gasteiger partial charge in [0.25, 0.3) is 5.91 Å². The van der Waals surface area contributed by atoms with Gasteiger partial charge in [0.15, 0.2) is 0 Å². The molecule has 0 aliphatic heterocycles. The fourth-order valence-electron chi connectivity index (χ4n) is 1.48. The van der Waals surface area contributed by atoms with E-state index in [0.717, 1.165) is 0 Å². The molecular weight excluding hydrogens is 335 g/mol. The largest absolute Gasteiger partial charge is 0.398 e. The summed E-state index contributed by atoms with van der Waals surface area (Å²) in [6.45, 7) is 0. The molecule has 0 atom stereocenters. The molecule has 0 saturated carbocycles. The summed E-state index contributed by atoms with van der Waals surface area (Å²) in [4.78, 5) is 11.9. The number of halogens is 3. The summed E-state index contributed by atoms with van der Waals surface area (Å²) in [6.07, 6.45) is 0. The maximum absolute atomic E-state index is 13.7. The van der Waals surface area contributed by atoms with Crippen molar-refractivity contribution in [3.05, 3.63) is 57.3 Å². The Hall–Kier alpha value is -1.59. The Morgan fingerprint density at radius 3 is 2.74 bits per heavy atom. The minimum absolute atomic E-state index is 0.0534. The van der Waals surface area contributed by atoms with Crippen molar-refractivity contribution in [3.63, 3.8) is 0 Å². The molecule has 98 valence electrons. The van der Waals surface area contributed by atoms with Gasteiger partial charge in [0.2, 0.25) is 0 Å². The maximum atomic E-state index is 13.7. The summed E-state index contributed by atoms with van der Waals surface area (Å²) in [5, 5.41) is 2.88. The molecule has 19 heavy (non-hydrogen) atoms. The van der Waals surface area contributed by atoms with Gasteiger partial charge in [-0.1, -0.05) is 17.7 Å². The van der Waals surface area contributed by atoms with E-state index in [2.05, 4.69) is 21.2 Å². The van der Waals surface area contributed by atoms with Gasteiger partial charge in [-0.15, -0.1) is 0 Å². The van der Waals surface area contributed by atoms with Crippen LogP contribution in [0.25, 0.3) is 0 Å². The molecule has 0 heterocycles. The van der Waals surface area contributed by atoms with Crippen molar-refractivity contribution >= 4 is 44.8 Å². The lowest BCUT2D eigenvalue weighted by Crippen LogP contribution is -2.14. The van der Waals surface area contributed by atoms with Crippen molar-refractivity contribution < 1.29 is 9.18 Å². The summed E-state index contributed by atoms with van der Waals surface area (Å²) in [5.41, 5.74) is 6.37. The van der Waals surface area contributed by atoms with E-state index in [1.54, 1.807) is 18.2 Å². The van der Waals surface area contributed by atoms with Gasteiger partial charge in [-0.3, -0.25) is 4.79 Å². The Bertz CT molecular complexity index is 649. The Kier molecular flexibility index (Phi) is 4.07. The first-order chi connectivity index (χ1) is 8.99. The highest BCUT2D eigenvalue weighted by Gasteiger charge is 2.14. The molecule has 0 bridgehead atoms. The highest BCUT2D eigenvalue weighted by molar-refractivity contribution is 9.10. The third-order valence-electron chi connectivity index (χ3n) is 2.45. The zero-order valence-corrected chi connectivity index (χ0v) is 11.9. The number of nitrogens with two attached hydrogens (primary N) is 1. The molecule has 1 amide bonds. The van der Waals surface area contributed by atoms with Gasteiger partial charge in [0.05, 0.1) is 20.7 Å². The Morgan fingerprint density at radius 1 is 1.32 bits per heavy atom. The summed E-state index contributed by atoms with van der Waals surface area (Å²) < 4.78 is 14.0. The fourth-order valence-corrected chi connectivity index (χ4v) is 2.03. The second-order valence-electron chi connectivity index (χ2n) is 3.79. The minimum atomic E-state index is -0.610. The molecule has 2 rings (SSSR count). The molecule has 0 aliphatic carbocycles. The number of anilines is 2. The molecule has 0 unspecified atom stereocenters. The zero-order chi connectivity index (χ0) is 14.0. The van der Waals surface area contributed by atoms with Crippen LogP contribution >= 0.6 is 27.5 Å². The quantitative estimate of drug-likeness (QED) is 0.807. The molecule has 0 spiro atoms. The van der Waals surface area contributed by atoms with Crippen molar-refractivity contribution in [2.45, 2.75) is 0 Å². The average molecular weight is 344 g/mol. The van der Waals surface area contributed by atoms with Crippen molar-refractivity contribution in [2.24, 2.45) is 0 Å². The van der Waals surface area contributed by atoms with E-state index >= 15 is 0 Å². The second-order valence-corrected chi connectivity index (χ2v) is 5.05. The normalized spacial score (nSPS) is 10.3. The molecule has 3 nitrogen and oxygen atoms in total. The number of benzene rings is 2. The van der Waals surface area contributed by atoms with E-state index < -0.39 is 11.7 Å². The summed E-state index contributed by atoms with van der Waals surface area (Å²) in [6, 6.07) is 9.16. The van der Waals surface area contributed by atoms with Crippen LogP contribution in [0.15, 0.2) is 40.9 Å². The molecule has 0 radical (unpaired) electrons. The van der Waals surface area contributed by atoms with Crippen LogP contribution < -0.4 is 11.1 Å². The number of nitrogen functional groups attached to an aromatic ring is 1.